The zero-order valence-corrected chi connectivity index (χ0v) is 22.1. The van der Waals surface area contributed by atoms with Crippen molar-refractivity contribution in [2.45, 2.75) is 18.9 Å². The van der Waals surface area contributed by atoms with Crippen molar-refractivity contribution in [2.75, 3.05) is 45.8 Å². The van der Waals surface area contributed by atoms with Crippen LogP contribution in [-0.2, 0) is 9.59 Å². The van der Waals surface area contributed by atoms with Gasteiger partial charge in [0.2, 0.25) is 11.8 Å². The Hall–Kier alpha value is -4.40. The Balaban J connectivity index is 1.76. The first-order valence-electron chi connectivity index (χ1n) is 12.1. The van der Waals surface area contributed by atoms with Crippen molar-refractivity contribution in [3.8, 4) is 28.7 Å². The van der Waals surface area contributed by atoms with E-state index >= 15 is 0 Å². The van der Waals surface area contributed by atoms with Crippen LogP contribution in [0.4, 0.5) is 11.4 Å². The molecule has 3 aromatic carbocycles. The van der Waals surface area contributed by atoms with Crippen LogP contribution in [0.1, 0.15) is 24.4 Å². The first-order chi connectivity index (χ1) is 18.4. The second-order valence-electron chi connectivity index (χ2n) is 8.73. The van der Waals surface area contributed by atoms with Gasteiger partial charge >= 0.3 is 0 Å². The third-order valence-electron chi connectivity index (χ3n) is 6.68. The molecule has 9 heteroatoms. The fraction of sp³-hybridized carbons (Fsp3) is 0.310. The SMILES string of the molecule is COc1ccc(N2C(=O)CC[C@H](C(=O)Nc3ccc(OC)c(OC)c3)[C@@H]2c2ccc(OC)c(OC)c2)cc1. The van der Waals surface area contributed by atoms with Crippen LogP contribution in [0.15, 0.2) is 60.7 Å². The summed E-state index contributed by atoms with van der Waals surface area (Å²) in [4.78, 5) is 28.8. The van der Waals surface area contributed by atoms with Gasteiger partial charge in [-0.05, 0) is 60.5 Å². The van der Waals surface area contributed by atoms with Gasteiger partial charge in [0.05, 0.1) is 47.5 Å². The van der Waals surface area contributed by atoms with E-state index in [0.29, 0.717) is 46.5 Å². The third kappa shape index (κ3) is 5.32. The molecule has 1 N–H and O–H groups in total. The van der Waals surface area contributed by atoms with Gasteiger partial charge in [-0.2, -0.15) is 0 Å². The minimum atomic E-state index is -0.593. The van der Waals surface area contributed by atoms with Crippen molar-refractivity contribution in [1.82, 2.24) is 0 Å². The molecule has 38 heavy (non-hydrogen) atoms. The molecule has 0 aliphatic carbocycles. The summed E-state index contributed by atoms with van der Waals surface area (Å²) in [6.07, 6.45) is 0.601. The fourth-order valence-electron chi connectivity index (χ4n) is 4.78. The molecule has 4 rings (SSSR count). The number of anilines is 2. The lowest BCUT2D eigenvalue weighted by Crippen LogP contribution is -2.47. The Kier molecular flexibility index (Phi) is 8.25. The van der Waals surface area contributed by atoms with E-state index in [4.69, 9.17) is 23.7 Å². The first-order valence-corrected chi connectivity index (χ1v) is 12.1. The maximum Gasteiger partial charge on any atom is 0.229 e. The van der Waals surface area contributed by atoms with Crippen molar-refractivity contribution in [3.63, 3.8) is 0 Å². The van der Waals surface area contributed by atoms with Gasteiger partial charge in [-0.25, -0.2) is 0 Å². The number of carbonyl (C=O) groups excluding carboxylic acids is 2. The van der Waals surface area contributed by atoms with Gasteiger partial charge in [0.1, 0.15) is 5.75 Å². The molecule has 0 spiro atoms. The van der Waals surface area contributed by atoms with E-state index in [1.807, 2.05) is 24.3 Å². The zero-order valence-electron chi connectivity index (χ0n) is 22.1. The van der Waals surface area contributed by atoms with Crippen LogP contribution in [0.2, 0.25) is 0 Å². The van der Waals surface area contributed by atoms with Crippen LogP contribution in [0.5, 0.6) is 28.7 Å². The number of hydrogen-bond acceptors (Lipinski definition) is 7. The smallest absolute Gasteiger partial charge is 0.229 e. The van der Waals surface area contributed by atoms with Crippen molar-refractivity contribution in [1.29, 1.82) is 0 Å². The molecule has 0 radical (unpaired) electrons. The van der Waals surface area contributed by atoms with Crippen LogP contribution in [0.25, 0.3) is 0 Å². The van der Waals surface area contributed by atoms with Gasteiger partial charge in [0.15, 0.2) is 23.0 Å². The fourth-order valence-corrected chi connectivity index (χ4v) is 4.78. The quantitative estimate of drug-likeness (QED) is 0.431. The molecule has 9 nitrogen and oxygen atoms in total. The van der Waals surface area contributed by atoms with Gasteiger partial charge < -0.3 is 33.9 Å². The summed E-state index contributed by atoms with van der Waals surface area (Å²) in [7, 11) is 7.79. The third-order valence-corrected chi connectivity index (χ3v) is 6.68. The molecule has 3 aromatic rings. The lowest BCUT2D eigenvalue weighted by atomic mass is 9.83. The van der Waals surface area contributed by atoms with E-state index in [2.05, 4.69) is 5.32 Å². The summed E-state index contributed by atoms with van der Waals surface area (Å²) in [5.74, 6) is 1.94. The predicted molar refractivity (Wildman–Crippen MR) is 144 cm³/mol. The summed E-state index contributed by atoms with van der Waals surface area (Å²) in [6.45, 7) is 0. The van der Waals surface area contributed by atoms with Crippen LogP contribution in [-0.4, -0.2) is 47.4 Å². The second kappa shape index (κ2) is 11.8. The average Bonchev–Trinajstić information content (AvgIpc) is 2.96. The highest BCUT2D eigenvalue weighted by Gasteiger charge is 2.42. The summed E-state index contributed by atoms with van der Waals surface area (Å²) < 4.78 is 26.9. The van der Waals surface area contributed by atoms with Crippen LogP contribution in [0, 0.1) is 5.92 Å². The standard InChI is InChI=1S/C29H32N2O7/c1-34-21-10-8-20(9-11-21)31-27(32)15-12-22(28(31)18-6-13-23(35-2)25(16-18)37-4)29(33)30-19-7-14-24(36-3)26(17-19)38-5/h6-11,13-14,16-17,22,28H,12,15H2,1-5H3,(H,30,33)/t22-,28-/m0/s1. The highest BCUT2D eigenvalue weighted by molar-refractivity contribution is 6.00. The average molecular weight is 521 g/mol. The number of carbonyl (C=O) groups is 2. The van der Waals surface area contributed by atoms with Crippen LogP contribution >= 0.6 is 0 Å². The molecule has 1 saturated heterocycles. The molecule has 1 heterocycles. The summed E-state index contributed by atoms with van der Waals surface area (Å²) in [6, 6.07) is 17.3. The van der Waals surface area contributed by atoms with Gasteiger partial charge in [0, 0.05) is 23.9 Å². The monoisotopic (exact) mass is 520 g/mol. The van der Waals surface area contributed by atoms with Gasteiger partial charge in [0.25, 0.3) is 0 Å². The van der Waals surface area contributed by atoms with E-state index in [1.54, 1.807) is 69.7 Å². The minimum Gasteiger partial charge on any atom is -0.497 e. The topological polar surface area (TPSA) is 95.6 Å². The lowest BCUT2D eigenvalue weighted by Gasteiger charge is -2.41. The van der Waals surface area contributed by atoms with E-state index < -0.39 is 12.0 Å². The molecule has 2 atom stereocenters. The van der Waals surface area contributed by atoms with Crippen molar-refractivity contribution in [3.05, 3.63) is 66.2 Å². The number of amides is 2. The first kappa shape index (κ1) is 26.7. The van der Waals surface area contributed by atoms with E-state index in [0.717, 1.165) is 5.56 Å². The molecular weight excluding hydrogens is 488 g/mol. The molecule has 1 aliphatic rings. The second-order valence-corrected chi connectivity index (χ2v) is 8.73. The Bertz CT molecular complexity index is 1290. The molecule has 200 valence electrons. The molecule has 0 aromatic heterocycles. The van der Waals surface area contributed by atoms with Crippen molar-refractivity contribution in [2.24, 2.45) is 5.92 Å². The minimum absolute atomic E-state index is 0.0786. The Labute approximate surface area is 222 Å². The zero-order chi connectivity index (χ0) is 27.2. The van der Waals surface area contributed by atoms with Gasteiger partial charge in [-0.15, -0.1) is 0 Å². The number of nitrogens with one attached hydrogen (secondary N) is 1. The molecule has 1 aliphatic heterocycles. The maximum atomic E-state index is 13.8. The molecule has 2 amide bonds. The van der Waals surface area contributed by atoms with Crippen LogP contribution < -0.4 is 33.9 Å². The van der Waals surface area contributed by atoms with Gasteiger partial charge in [-0.1, -0.05) is 6.07 Å². The Morgan fingerprint density at radius 1 is 0.763 bits per heavy atom. The van der Waals surface area contributed by atoms with Crippen molar-refractivity contribution >= 4 is 23.2 Å². The number of ether oxygens (including phenoxy) is 5. The normalized spacial score (nSPS) is 17.0. The largest absolute Gasteiger partial charge is 0.497 e. The molecule has 0 bridgehead atoms. The lowest BCUT2D eigenvalue weighted by molar-refractivity contribution is -0.125. The van der Waals surface area contributed by atoms with E-state index in [9.17, 15) is 9.59 Å². The Morgan fingerprint density at radius 3 is 1.97 bits per heavy atom. The number of piperidine rings is 1. The summed E-state index contributed by atoms with van der Waals surface area (Å²) in [5, 5.41) is 3.01. The number of nitrogens with zero attached hydrogens (tertiary/aromatic N) is 1. The highest BCUT2D eigenvalue weighted by Crippen LogP contribution is 2.43. The molecule has 1 fully saturated rings. The van der Waals surface area contributed by atoms with Crippen molar-refractivity contribution < 1.29 is 33.3 Å². The maximum absolute atomic E-state index is 13.8. The van der Waals surface area contributed by atoms with Gasteiger partial charge in [-0.3, -0.25) is 9.59 Å². The molecule has 0 unspecified atom stereocenters. The number of rotatable bonds is 9. The summed E-state index contributed by atoms with van der Waals surface area (Å²) in [5.41, 5.74) is 1.98. The van der Waals surface area contributed by atoms with E-state index in [1.165, 1.54) is 7.11 Å². The molecule has 0 saturated carbocycles. The Morgan fingerprint density at radius 2 is 1.37 bits per heavy atom. The highest BCUT2D eigenvalue weighted by atomic mass is 16.5. The number of methoxy groups -OCH3 is 5. The predicted octanol–water partition coefficient (Wildman–Crippen LogP) is 4.85. The van der Waals surface area contributed by atoms with E-state index in [-0.39, 0.29) is 18.2 Å². The number of hydrogen-bond donors (Lipinski definition) is 1. The summed E-state index contributed by atoms with van der Waals surface area (Å²) >= 11 is 0. The molecular formula is C29H32N2O7. The number of benzene rings is 3. The van der Waals surface area contributed by atoms with Crippen LogP contribution in [0.3, 0.4) is 0 Å².